The maximum Gasteiger partial charge on any atom is 0.256 e. The summed E-state index contributed by atoms with van der Waals surface area (Å²) >= 11 is 0. The third-order valence-electron chi connectivity index (χ3n) is 7.49. The van der Waals surface area contributed by atoms with Gasteiger partial charge in [0.25, 0.3) is 5.91 Å². The topological polar surface area (TPSA) is 72.5 Å². The lowest BCUT2D eigenvalue weighted by Gasteiger charge is -2.32. The van der Waals surface area contributed by atoms with Crippen LogP contribution >= 0.6 is 0 Å². The highest BCUT2D eigenvalue weighted by atomic mass is 16.2. The molecule has 7 heteroatoms. The summed E-state index contributed by atoms with van der Waals surface area (Å²) in [6, 6.07) is 1.95. The molecule has 0 radical (unpaired) electrons. The molecule has 3 aliphatic heterocycles. The van der Waals surface area contributed by atoms with Gasteiger partial charge in [-0.15, -0.1) is 0 Å². The van der Waals surface area contributed by atoms with E-state index in [0.29, 0.717) is 23.3 Å². The van der Waals surface area contributed by atoms with E-state index < -0.39 is 0 Å². The summed E-state index contributed by atoms with van der Waals surface area (Å²) < 4.78 is 0. The second kappa shape index (κ2) is 8.02. The van der Waals surface area contributed by atoms with Gasteiger partial charge in [-0.3, -0.25) is 14.6 Å². The Hall–Kier alpha value is -2.41. The largest absolute Gasteiger partial charge is 0.360 e. The molecule has 0 saturated carbocycles. The average Bonchev–Trinajstić information content (AvgIpc) is 3.36. The van der Waals surface area contributed by atoms with Gasteiger partial charge in [-0.25, -0.2) is 0 Å². The number of likely N-dealkylation sites (tertiary alicyclic amines) is 3. The van der Waals surface area contributed by atoms with Crippen molar-refractivity contribution in [3.05, 3.63) is 30.2 Å². The number of rotatable bonds is 2. The van der Waals surface area contributed by atoms with Gasteiger partial charge in [0.05, 0.1) is 17.3 Å². The van der Waals surface area contributed by atoms with E-state index in [-0.39, 0.29) is 11.8 Å². The molecule has 0 spiro atoms. The first-order valence-corrected chi connectivity index (χ1v) is 11.3. The molecular formula is C23H31N5O2. The molecule has 5 rings (SSSR count). The standard InChI is InChI=1S/C23H31N5O2/c1-26-8-3-16(4-9-26)22(29)27-10-5-17-14-28(15-18(17)6-11-27)23(30)20-12-24-13-21-19(20)2-7-25-21/h2,7,12-13,16-18,25H,3-6,8-11,14-15H2,1H3/t17-,18+. The predicted octanol–water partition coefficient (Wildman–Crippen LogP) is 2.22. The first kappa shape index (κ1) is 19.5. The van der Waals surface area contributed by atoms with Gasteiger partial charge in [0.1, 0.15) is 0 Å². The van der Waals surface area contributed by atoms with Crippen LogP contribution in [0.1, 0.15) is 36.0 Å². The van der Waals surface area contributed by atoms with E-state index in [9.17, 15) is 9.59 Å². The van der Waals surface area contributed by atoms with E-state index in [2.05, 4.69) is 26.8 Å². The highest BCUT2D eigenvalue weighted by Gasteiger charge is 2.39. The van der Waals surface area contributed by atoms with Gasteiger partial charge in [0.2, 0.25) is 5.91 Å². The van der Waals surface area contributed by atoms with E-state index >= 15 is 0 Å². The fourth-order valence-electron chi connectivity index (χ4n) is 5.57. The molecule has 0 bridgehead atoms. The molecule has 2 aromatic heterocycles. The van der Waals surface area contributed by atoms with Crippen LogP contribution in [0.2, 0.25) is 0 Å². The molecule has 2 amide bonds. The Labute approximate surface area is 177 Å². The molecule has 3 aliphatic rings. The lowest BCUT2D eigenvalue weighted by molar-refractivity contribution is -0.137. The second-order valence-electron chi connectivity index (χ2n) is 9.34. The molecule has 30 heavy (non-hydrogen) atoms. The van der Waals surface area contributed by atoms with Crippen LogP contribution in [0.3, 0.4) is 0 Å². The van der Waals surface area contributed by atoms with Crippen molar-refractivity contribution < 1.29 is 9.59 Å². The van der Waals surface area contributed by atoms with E-state index in [1.54, 1.807) is 12.4 Å². The number of hydrogen-bond acceptors (Lipinski definition) is 4. The molecule has 0 aromatic carbocycles. The number of piperidine rings is 1. The summed E-state index contributed by atoms with van der Waals surface area (Å²) in [4.78, 5) is 40.0. The zero-order valence-corrected chi connectivity index (χ0v) is 17.7. The lowest BCUT2D eigenvalue weighted by atomic mass is 9.92. The lowest BCUT2D eigenvalue weighted by Crippen LogP contribution is -2.42. The molecule has 1 N–H and O–H groups in total. The number of nitrogens with zero attached hydrogens (tertiary/aromatic N) is 4. The molecular weight excluding hydrogens is 378 g/mol. The van der Waals surface area contributed by atoms with Crippen LogP contribution in [0.4, 0.5) is 0 Å². The quantitative estimate of drug-likeness (QED) is 0.826. The number of pyridine rings is 1. The van der Waals surface area contributed by atoms with Crippen LogP contribution in [0.15, 0.2) is 24.7 Å². The average molecular weight is 410 g/mol. The normalized spacial score (nSPS) is 26.0. The zero-order chi connectivity index (χ0) is 20.7. The molecule has 3 fully saturated rings. The summed E-state index contributed by atoms with van der Waals surface area (Å²) in [5.74, 6) is 1.62. The highest BCUT2D eigenvalue weighted by molar-refractivity contribution is 6.06. The van der Waals surface area contributed by atoms with E-state index in [4.69, 9.17) is 0 Å². The minimum Gasteiger partial charge on any atom is -0.360 e. The summed E-state index contributed by atoms with van der Waals surface area (Å²) in [7, 11) is 2.13. The minimum absolute atomic E-state index is 0.0834. The van der Waals surface area contributed by atoms with Gasteiger partial charge in [0, 0.05) is 49.9 Å². The number of fused-ring (bicyclic) bond motifs is 2. The maximum atomic E-state index is 13.2. The monoisotopic (exact) mass is 409 g/mol. The SMILES string of the molecule is CN1CCC(C(=O)N2CC[C@@H]3CN(C(=O)c4cncc5[nH]ccc45)C[C@@H]3CC2)CC1. The van der Waals surface area contributed by atoms with E-state index in [0.717, 1.165) is 75.9 Å². The number of hydrogen-bond donors (Lipinski definition) is 1. The van der Waals surface area contributed by atoms with Crippen LogP contribution in [0, 0.1) is 17.8 Å². The Morgan fingerprint density at radius 1 is 0.967 bits per heavy atom. The van der Waals surface area contributed by atoms with E-state index in [1.165, 1.54) is 0 Å². The van der Waals surface area contributed by atoms with Crippen LogP contribution in [-0.2, 0) is 4.79 Å². The zero-order valence-electron chi connectivity index (χ0n) is 17.7. The Bertz CT molecular complexity index is 917. The first-order chi connectivity index (χ1) is 14.6. The Kier molecular flexibility index (Phi) is 5.23. The smallest absolute Gasteiger partial charge is 0.256 e. The number of amides is 2. The fourth-order valence-corrected chi connectivity index (χ4v) is 5.57. The molecule has 2 atom stereocenters. The third kappa shape index (κ3) is 3.60. The number of carbonyl (C=O) groups is 2. The van der Waals surface area contributed by atoms with E-state index in [1.807, 2.05) is 17.2 Å². The van der Waals surface area contributed by atoms with Crippen molar-refractivity contribution in [2.45, 2.75) is 25.7 Å². The maximum absolute atomic E-state index is 13.2. The number of aromatic amines is 1. The van der Waals surface area contributed by atoms with Crippen LogP contribution < -0.4 is 0 Å². The number of nitrogens with one attached hydrogen (secondary N) is 1. The Morgan fingerprint density at radius 2 is 1.67 bits per heavy atom. The molecule has 3 saturated heterocycles. The number of aromatic nitrogens is 2. The van der Waals surface area contributed by atoms with Gasteiger partial charge in [0.15, 0.2) is 0 Å². The summed E-state index contributed by atoms with van der Waals surface area (Å²) in [6.45, 7) is 5.30. The van der Waals surface area contributed by atoms with Gasteiger partial charge in [-0.1, -0.05) is 0 Å². The van der Waals surface area contributed by atoms with Crippen molar-refractivity contribution in [3.63, 3.8) is 0 Å². The van der Waals surface area contributed by atoms with Crippen molar-refractivity contribution in [1.82, 2.24) is 24.7 Å². The fraction of sp³-hybridized carbons (Fsp3) is 0.609. The molecule has 160 valence electrons. The van der Waals surface area contributed by atoms with Gasteiger partial charge < -0.3 is 19.7 Å². The van der Waals surface area contributed by atoms with Crippen LogP contribution in [-0.4, -0.2) is 82.8 Å². The minimum atomic E-state index is 0.0834. The highest BCUT2D eigenvalue weighted by Crippen LogP contribution is 2.34. The summed E-state index contributed by atoms with van der Waals surface area (Å²) in [6.07, 6.45) is 9.27. The van der Waals surface area contributed by atoms with Crippen molar-refractivity contribution in [3.8, 4) is 0 Å². The predicted molar refractivity (Wildman–Crippen MR) is 115 cm³/mol. The van der Waals surface area contributed by atoms with Gasteiger partial charge >= 0.3 is 0 Å². The Morgan fingerprint density at radius 3 is 2.37 bits per heavy atom. The van der Waals surface area contributed by atoms with Crippen molar-refractivity contribution in [1.29, 1.82) is 0 Å². The number of carbonyl (C=O) groups excluding carboxylic acids is 2. The molecule has 0 unspecified atom stereocenters. The van der Waals surface area contributed by atoms with Crippen LogP contribution in [0.5, 0.6) is 0 Å². The molecule has 7 nitrogen and oxygen atoms in total. The molecule has 0 aliphatic carbocycles. The summed E-state index contributed by atoms with van der Waals surface area (Å²) in [5, 5.41) is 0.942. The van der Waals surface area contributed by atoms with Gasteiger partial charge in [-0.05, 0) is 63.7 Å². The van der Waals surface area contributed by atoms with Crippen molar-refractivity contribution in [2.24, 2.45) is 17.8 Å². The first-order valence-electron chi connectivity index (χ1n) is 11.3. The number of H-pyrrole nitrogens is 1. The van der Waals surface area contributed by atoms with Gasteiger partial charge in [-0.2, -0.15) is 0 Å². The third-order valence-corrected chi connectivity index (χ3v) is 7.49. The molecule has 5 heterocycles. The second-order valence-corrected chi connectivity index (χ2v) is 9.34. The van der Waals surface area contributed by atoms with Crippen LogP contribution in [0.25, 0.3) is 10.9 Å². The van der Waals surface area contributed by atoms with Crippen molar-refractivity contribution in [2.75, 3.05) is 46.3 Å². The summed E-state index contributed by atoms with van der Waals surface area (Å²) in [5.41, 5.74) is 1.58. The Balaban J connectivity index is 1.21. The molecule has 2 aromatic rings. The van der Waals surface area contributed by atoms with Crippen molar-refractivity contribution >= 4 is 22.7 Å².